The van der Waals surface area contributed by atoms with Gasteiger partial charge >= 0.3 is 13.6 Å². The molecule has 0 spiro atoms. The number of carbonyl (C=O) groups is 2. The lowest BCUT2D eigenvalue weighted by atomic mass is 10.0. The van der Waals surface area contributed by atoms with E-state index in [1.807, 2.05) is 0 Å². The summed E-state index contributed by atoms with van der Waals surface area (Å²) in [6.45, 7) is 3.97. The summed E-state index contributed by atoms with van der Waals surface area (Å²) in [7, 11) is -3.26. The molecule has 10 heteroatoms. The lowest BCUT2D eigenvalue weighted by Crippen LogP contribution is -2.42. The van der Waals surface area contributed by atoms with Gasteiger partial charge in [-0.05, 0) is 49.2 Å². The molecule has 0 aliphatic carbocycles. The average molecular weight is 488 g/mol. The Morgan fingerprint density at radius 2 is 1.68 bits per heavy atom. The molecule has 2 aromatic carbocycles. The Labute approximate surface area is 191 Å². The molecule has 2 rings (SSSR count). The van der Waals surface area contributed by atoms with Crippen molar-refractivity contribution in [1.29, 1.82) is 0 Å². The summed E-state index contributed by atoms with van der Waals surface area (Å²) >= 11 is 12.0. The second-order valence-electron chi connectivity index (χ2n) is 6.61. The van der Waals surface area contributed by atoms with Crippen LogP contribution >= 0.6 is 30.8 Å². The molecule has 2 aromatic rings. The van der Waals surface area contributed by atoms with Crippen LogP contribution in [0.15, 0.2) is 42.5 Å². The zero-order chi connectivity index (χ0) is 23.0. The summed E-state index contributed by atoms with van der Waals surface area (Å²) in [5.74, 6) is -1.74. The Bertz CT molecular complexity index is 957. The zero-order valence-corrected chi connectivity index (χ0v) is 19.5. The molecule has 168 valence electrons. The summed E-state index contributed by atoms with van der Waals surface area (Å²) in [5, 5.41) is 12.8. The van der Waals surface area contributed by atoms with Gasteiger partial charge in [0.2, 0.25) is 0 Å². The van der Waals surface area contributed by atoms with Crippen molar-refractivity contribution in [1.82, 2.24) is 5.32 Å². The molecule has 31 heavy (non-hydrogen) atoms. The molecule has 1 amide bonds. The van der Waals surface area contributed by atoms with Crippen LogP contribution < -0.4 is 5.32 Å². The molecular weight excluding hydrogens is 464 g/mol. The van der Waals surface area contributed by atoms with Gasteiger partial charge in [0.15, 0.2) is 0 Å². The highest BCUT2D eigenvalue weighted by Gasteiger charge is 2.25. The van der Waals surface area contributed by atoms with Crippen molar-refractivity contribution < 1.29 is 28.3 Å². The standard InChI is InChI=1S/C21H24Cl2NO6P/c1-3-29-31(28,30-4-2)13-14-5-7-15(8-6-14)20(25)24-19(21(26)27)11-16-9-10-17(22)12-18(16)23/h5-10,12,19H,3-4,11,13H2,1-2H3,(H,24,25)(H,26,27)/t19-/m1/s1. The number of carboxylic acid groups (broad SMARTS) is 1. The maximum Gasteiger partial charge on any atom is 0.335 e. The van der Waals surface area contributed by atoms with Gasteiger partial charge in [0.05, 0.1) is 19.4 Å². The second kappa shape index (κ2) is 11.7. The van der Waals surface area contributed by atoms with Gasteiger partial charge in [0.25, 0.3) is 5.91 Å². The molecule has 1 atom stereocenters. The van der Waals surface area contributed by atoms with Gasteiger partial charge in [0, 0.05) is 22.0 Å². The van der Waals surface area contributed by atoms with E-state index in [-0.39, 0.29) is 31.4 Å². The van der Waals surface area contributed by atoms with Crippen LogP contribution in [0.1, 0.15) is 35.3 Å². The first-order chi connectivity index (χ1) is 14.7. The minimum atomic E-state index is -3.26. The van der Waals surface area contributed by atoms with Crippen molar-refractivity contribution >= 4 is 42.7 Å². The first kappa shape index (κ1) is 25.4. The van der Waals surface area contributed by atoms with Gasteiger partial charge in [-0.1, -0.05) is 41.4 Å². The van der Waals surface area contributed by atoms with E-state index in [4.69, 9.17) is 32.2 Å². The lowest BCUT2D eigenvalue weighted by Gasteiger charge is -2.17. The highest BCUT2D eigenvalue weighted by Crippen LogP contribution is 2.51. The number of hydrogen-bond donors (Lipinski definition) is 2. The average Bonchev–Trinajstić information content (AvgIpc) is 2.69. The molecule has 0 radical (unpaired) electrons. The number of benzene rings is 2. The fourth-order valence-electron chi connectivity index (χ4n) is 2.86. The van der Waals surface area contributed by atoms with Crippen LogP contribution in [0.2, 0.25) is 10.0 Å². The third-order valence-electron chi connectivity index (χ3n) is 4.29. The first-order valence-corrected chi connectivity index (χ1v) is 12.1. The van der Waals surface area contributed by atoms with Crippen LogP contribution in [0, 0.1) is 0 Å². The number of hydrogen-bond acceptors (Lipinski definition) is 5. The Kier molecular flexibility index (Phi) is 9.54. The Hall–Kier alpha value is -1.89. The summed E-state index contributed by atoms with van der Waals surface area (Å²) in [4.78, 5) is 24.2. The molecule has 0 bridgehead atoms. The van der Waals surface area contributed by atoms with Gasteiger partial charge in [-0.2, -0.15) is 0 Å². The van der Waals surface area contributed by atoms with Crippen molar-refractivity contribution in [3.63, 3.8) is 0 Å². The van der Waals surface area contributed by atoms with Crippen molar-refractivity contribution in [3.05, 3.63) is 69.2 Å². The number of rotatable bonds is 11. The maximum atomic E-state index is 12.6. The van der Waals surface area contributed by atoms with Crippen LogP contribution in [0.3, 0.4) is 0 Å². The minimum Gasteiger partial charge on any atom is -0.480 e. The van der Waals surface area contributed by atoms with Crippen LogP contribution in [0.25, 0.3) is 0 Å². The molecule has 0 unspecified atom stereocenters. The van der Waals surface area contributed by atoms with E-state index in [2.05, 4.69) is 5.32 Å². The Morgan fingerprint density at radius 1 is 1.06 bits per heavy atom. The van der Waals surface area contributed by atoms with E-state index in [1.54, 1.807) is 38.1 Å². The predicted molar refractivity (Wildman–Crippen MR) is 120 cm³/mol. The van der Waals surface area contributed by atoms with Crippen LogP contribution in [-0.4, -0.2) is 36.2 Å². The third-order valence-corrected chi connectivity index (χ3v) is 6.93. The maximum absolute atomic E-state index is 12.6. The molecule has 2 N–H and O–H groups in total. The fraction of sp³-hybridized carbons (Fsp3) is 0.333. The zero-order valence-electron chi connectivity index (χ0n) is 17.1. The highest BCUT2D eigenvalue weighted by atomic mass is 35.5. The molecule has 0 saturated heterocycles. The second-order valence-corrected chi connectivity index (χ2v) is 9.50. The van der Waals surface area contributed by atoms with Crippen LogP contribution in [-0.2, 0) is 31.0 Å². The van der Waals surface area contributed by atoms with E-state index in [0.29, 0.717) is 21.2 Å². The SMILES string of the molecule is CCOP(=O)(Cc1ccc(C(=O)N[C@H](Cc2ccc(Cl)cc2Cl)C(=O)O)cc1)OCC. The molecule has 0 aliphatic heterocycles. The van der Waals surface area contributed by atoms with E-state index in [9.17, 15) is 19.3 Å². The number of nitrogens with one attached hydrogen (secondary N) is 1. The number of carbonyl (C=O) groups excluding carboxylic acids is 1. The van der Waals surface area contributed by atoms with Crippen molar-refractivity contribution in [3.8, 4) is 0 Å². The van der Waals surface area contributed by atoms with Gasteiger partial charge in [-0.15, -0.1) is 0 Å². The molecule has 0 heterocycles. The minimum absolute atomic E-state index is 0.00105. The highest BCUT2D eigenvalue weighted by molar-refractivity contribution is 7.53. The van der Waals surface area contributed by atoms with Gasteiger partial charge < -0.3 is 19.5 Å². The van der Waals surface area contributed by atoms with Crippen molar-refractivity contribution in [2.45, 2.75) is 32.5 Å². The summed E-state index contributed by atoms with van der Waals surface area (Å²) < 4.78 is 23.2. The number of halogens is 2. The molecule has 0 aromatic heterocycles. The van der Waals surface area contributed by atoms with E-state index >= 15 is 0 Å². The third kappa shape index (κ3) is 7.63. The van der Waals surface area contributed by atoms with E-state index < -0.39 is 25.5 Å². The van der Waals surface area contributed by atoms with E-state index in [0.717, 1.165) is 0 Å². The molecule has 7 nitrogen and oxygen atoms in total. The van der Waals surface area contributed by atoms with Crippen LogP contribution in [0.4, 0.5) is 0 Å². The summed E-state index contributed by atoms with van der Waals surface area (Å²) in [6, 6.07) is 9.88. The van der Waals surface area contributed by atoms with Gasteiger partial charge in [-0.3, -0.25) is 9.36 Å². The molecular formula is C21H24Cl2NO6P. The van der Waals surface area contributed by atoms with E-state index in [1.165, 1.54) is 18.2 Å². The lowest BCUT2D eigenvalue weighted by molar-refractivity contribution is -0.139. The van der Waals surface area contributed by atoms with Gasteiger partial charge in [-0.25, -0.2) is 4.79 Å². The summed E-state index contributed by atoms with van der Waals surface area (Å²) in [6.07, 6.45) is 0.0739. The largest absolute Gasteiger partial charge is 0.480 e. The van der Waals surface area contributed by atoms with Crippen molar-refractivity contribution in [2.24, 2.45) is 0 Å². The van der Waals surface area contributed by atoms with Crippen LogP contribution in [0.5, 0.6) is 0 Å². The topological polar surface area (TPSA) is 102 Å². The Morgan fingerprint density at radius 3 is 2.19 bits per heavy atom. The normalized spacial score (nSPS) is 12.4. The fourth-order valence-corrected chi connectivity index (χ4v) is 5.04. The molecule has 0 aliphatic rings. The quantitative estimate of drug-likeness (QED) is 0.423. The summed E-state index contributed by atoms with van der Waals surface area (Å²) in [5.41, 5.74) is 1.49. The number of aliphatic carboxylic acids is 1. The molecule has 0 saturated carbocycles. The molecule has 0 fully saturated rings. The predicted octanol–water partition coefficient (Wildman–Crippen LogP) is 5.19. The first-order valence-electron chi connectivity index (χ1n) is 9.62. The van der Waals surface area contributed by atoms with Gasteiger partial charge in [0.1, 0.15) is 6.04 Å². The number of carboxylic acids is 1. The number of amides is 1. The van der Waals surface area contributed by atoms with Crippen molar-refractivity contribution in [2.75, 3.05) is 13.2 Å². The smallest absolute Gasteiger partial charge is 0.335 e. The Balaban J connectivity index is 2.09. The monoisotopic (exact) mass is 487 g/mol.